The first-order chi connectivity index (χ1) is 20.6. The lowest BCUT2D eigenvalue weighted by Crippen LogP contribution is -2.54. The fourth-order valence-corrected chi connectivity index (χ4v) is 7.01. The number of carbonyl (C=O) groups is 2. The number of urea groups is 1. The first kappa shape index (κ1) is 31.3. The van der Waals surface area contributed by atoms with Crippen molar-refractivity contribution in [3.63, 3.8) is 0 Å². The summed E-state index contributed by atoms with van der Waals surface area (Å²) < 4.78 is 0. The summed E-state index contributed by atoms with van der Waals surface area (Å²) in [6.07, 6.45) is 0.915. The van der Waals surface area contributed by atoms with Crippen LogP contribution in [0.5, 0.6) is 0 Å². The zero-order valence-electron chi connectivity index (χ0n) is 23.7. The third-order valence-corrected chi connectivity index (χ3v) is 9.22. The van der Waals surface area contributed by atoms with E-state index in [9.17, 15) is 14.7 Å². The van der Waals surface area contributed by atoms with Crippen LogP contribution in [0.25, 0.3) is 0 Å². The van der Waals surface area contributed by atoms with Crippen molar-refractivity contribution in [3.05, 3.63) is 144 Å². The summed E-state index contributed by atoms with van der Waals surface area (Å²) in [7, 11) is 0. The van der Waals surface area contributed by atoms with Crippen LogP contribution < -0.4 is 5.32 Å². The largest absolute Gasteiger partial charge is 0.480 e. The van der Waals surface area contributed by atoms with E-state index in [1.807, 2.05) is 89.8 Å². The summed E-state index contributed by atoms with van der Waals surface area (Å²) in [5.74, 6) is 2.15. The molecule has 5 nitrogen and oxygen atoms in total. The second-order valence-corrected chi connectivity index (χ2v) is 12.2. The molecule has 1 atom stereocenters. The minimum Gasteiger partial charge on any atom is -0.480 e. The standard InChI is InChI=1S/C35H38N2O3S2/c38-34(39)33(23-29-15-7-2-8-16-29)36-35(40)37(22-21-28-13-5-1-6-14-28)32(26-41-24-30-17-9-3-10-18-30)27-42-25-31-19-11-4-12-20-31/h1-20,32-33H,21-27H2,(H,36,40)(H,38,39)/t33-/m0/s1. The molecule has 0 saturated carbocycles. The van der Waals surface area contributed by atoms with Gasteiger partial charge in [-0.1, -0.05) is 121 Å². The molecule has 42 heavy (non-hydrogen) atoms. The van der Waals surface area contributed by atoms with Gasteiger partial charge in [0.1, 0.15) is 6.04 Å². The second kappa shape index (κ2) is 17.3. The molecule has 2 N–H and O–H groups in total. The van der Waals surface area contributed by atoms with Crippen molar-refractivity contribution in [2.75, 3.05) is 18.1 Å². The van der Waals surface area contributed by atoms with Crippen LogP contribution in [0.1, 0.15) is 22.3 Å². The van der Waals surface area contributed by atoms with Crippen LogP contribution in [-0.2, 0) is 29.1 Å². The first-order valence-electron chi connectivity index (χ1n) is 14.2. The molecule has 0 fully saturated rings. The van der Waals surface area contributed by atoms with Gasteiger partial charge in [-0.3, -0.25) is 0 Å². The number of amides is 2. The van der Waals surface area contributed by atoms with Crippen LogP contribution in [0.2, 0.25) is 0 Å². The minimum absolute atomic E-state index is 0.0812. The molecule has 218 valence electrons. The molecule has 0 radical (unpaired) electrons. The van der Waals surface area contributed by atoms with Gasteiger partial charge < -0.3 is 15.3 Å². The molecular weight excluding hydrogens is 561 g/mol. The van der Waals surface area contributed by atoms with Gasteiger partial charge in [-0.05, 0) is 28.7 Å². The Morgan fingerprint density at radius 3 is 1.52 bits per heavy atom. The molecule has 0 aromatic heterocycles. The summed E-state index contributed by atoms with van der Waals surface area (Å²) in [4.78, 5) is 28.0. The van der Waals surface area contributed by atoms with Crippen molar-refractivity contribution in [2.45, 2.75) is 36.4 Å². The molecule has 0 aliphatic rings. The zero-order chi connectivity index (χ0) is 29.4. The molecule has 0 aliphatic heterocycles. The molecule has 0 saturated heterocycles. The number of hydrogen-bond donors (Lipinski definition) is 2. The van der Waals surface area contributed by atoms with Crippen LogP contribution in [0.4, 0.5) is 4.79 Å². The Kier molecular flexibility index (Phi) is 12.9. The summed E-state index contributed by atoms with van der Waals surface area (Å²) in [5, 5.41) is 12.9. The van der Waals surface area contributed by atoms with Gasteiger partial charge >= 0.3 is 12.0 Å². The SMILES string of the molecule is O=C(O)[C@H](Cc1ccccc1)NC(=O)N(CCc1ccccc1)C(CSCc1ccccc1)CSCc1ccccc1. The molecule has 0 heterocycles. The number of carbonyl (C=O) groups excluding carboxylic acids is 1. The lowest BCUT2D eigenvalue weighted by Gasteiger charge is -2.33. The molecule has 0 bridgehead atoms. The monoisotopic (exact) mass is 598 g/mol. The van der Waals surface area contributed by atoms with E-state index in [4.69, 9.17) is 0 Å². The number of benzene rings is 4. The average molecular weight is 599 g/mol. The number of aliphatic carboxylic acids is 1. The summed E-state index contributed by atoms with van der Waals surface area (Å²) in [6.45, 7) is 0.496. The average Bonchev–Trinajstić information content (AvgIpc) is 3.02. The van der Waals surface area contributed by atoms with Gasteiger partial charge in [0.25, 0.3) is 0 Å². The van der Waals surface area contributed by atoms with E-state index in [-0.39, 0.29) is 18.5 Å². The Labute approximate surface area is 257 Å². The van der Waals surface area contributed by atoms with E-state index in [1.54, 1.807) is 23.5 Å². The maximum absolute atomic E-state index is 13.9. The fraction of sp³-hybridized carbons (Fsp3) is 0.257. The van der Waals surface area contributed by atoms with Crippen molar-refractivity contribution >= 4 is 35.5 Å². The van der Waals surface area contributed by atoms with Gasteiger partial charge in [0.2, 0.25) is 0 Å². The number of rotatable bonds is 16. The normalized spacial score (nSPS) is 11.6. The molecule has 0 unspecified atom stereocenters. The highest BCUT2D eigenvalue weighted by atomic mass is 32.2. The highest BCUT2D eigenvalue weighted by molar-refractivity contribution is 7.99. The third-order valence-electron chi connectivity index (χ3n) is 6.91. The number of carboxylic acids is 1. The molecular formula is C35H38N2O3S2. The predicted molar refractivity (Wildman–Crippen MR) is 176 cm³/mol. The van der Waals surface area contributed by atoms with Gasteiger partial charge in [0.05, 0.1) is 6.04 Å². The Bertz CT molecular complexity index is 1300. The molecule has 4 aromatic carbocycles. The van der Waals surface area contributed by atoms with Crippen LogP contribution >= 0.6 is 23.5 Å². The maximum atomic E-state index is 13.9. The van der Waals surface area contributed by atoms with Gasteiger partial charge in [-0.25, -0.2) is 9.59 Å². The molecule has 7 heteroatoms. The fourth-order valence-electron chi connectivity index (χ4n) is 4.63. The zero-order valence-corrected chi connectivity index (χ0v) is 25.3. The lowest BCUT2D eigenvalue weighted by molar-refractivity contribution is -0.139. The van der Waals surface area contributed by atoms with Crippen LogP contribution in [0, 0.1) is 0 Å². The minimum atomic E-state index is -1.04. The quantitative estimate of drug-likeness (QED) is 0.143. The van der Waals surface area contributed by atoms with Gasteiger partial charge in [-0.15, -0.1) is 0 Å². The lowest BCUT2D eigenvalue weighted by atomic mass is 10.1. The van der Waals surface area contributed by atoms with Crippen molar-refractivity contribution in [1.82, 2.24) is 10.2 Å². The predicted octanol–water partition coefficient (Wildman–Crippen LogP) is 7.17. The highest BCUT2D eigenvalue weighted by Gasteiger charge is 2.28. The first-order valence-corrected chi connectivity index (χ1v) is 16.5. The van der Waals surface area contributed by atoms with Crippen molar-refractivity contribution in [3.8, 4) is 0 Å². The number of nitrogens with zero attached hydrogens (tertiary/aromatic N) is 1. The van der Waals surface area contributed by atoms with Crippen molar-refractivity contribution < 1.29 is 14.7 Å². The Morgan fingerprint density at radius 2 is 1.07 bits per heavy atom. The van der Waals surface area contributed by atoms with E-state index in [0.717, 1.165) is 34.1 Å². The van der Waals surface area contributed by atoms with Gasteiger partial charge in [0, 0.05) is 36.0 Å². The molecule has 4 aromatic rings. The Morgan fingerprint density at radius 1 is 0.643 bits per heavy atom. The topological polar surface area (TPSA) is 69.6 Å². The van der Waals surface area contributed by atoms with Crippen molar-refractivity contribution in [2.24, 2.45) is 0 Å². The van der Waals surface area contributed by atoms with E-state index < -0.39 is 12.0 Å². The summed E-state index contributed by atoms with van der Waals surface area (Å²) in [6, 6.07) is 38.8. The number of hydrogen-bond acceptors (Lipinski definition) is 4. The van der Waals surface area contributed by atoms with E-state index in [2.05, 4.69) is 41.7 Å². The van der Waals surface area contributed by atoms with Crippen LogP contribution in [0.15, 0.2) is 121 Å². The molecule has 0 spiro atoms. The van der Waals surface area contributed by atoms with Crippen molar-refractivity contribution in [1.29, 1.82) is 0 Å². The maximum Gasteiger partial charge on any atom is 0.326 e. The smallest absolute Gasteiger partial charge is 0.326 e. The van der Waals surface area contributed by atoms with Crippen LogP contribution in [0.3, 0.4) is 0 Å². The van der Waals surface area contributed by atoms with Crippen LogP contribution in [-0.4, -0.2) is 52.1 Å². The van der Waals surface area contributed by atoms with Gasteiger partial charge in [0.15, 0.2) is 0 Å². The number of thioether (sulfide) groups is 2. The summed E-state index contributed by atoms with van der Waals surface area (Å²) in [5.41, 5.74) is 4.50. The van der Waals surface area contributed by atoms with E-state index in [0.29, 0.717) is 13.0 Å². The summed E-state index contributed by atoms with van der Waals surface area (Å²) >= 11 is 3.61. The van der Waals surface area contributed by atoms with E-state index in [1.165, 1.54) is 11.1 Å². The Balaban J connectivity index is 1.52. The molecule has 2 amide bonds. The number of carboxylic acid groups (broad SMARTS) is 1. The highest BCUT2D eigenvalue weighted by Crippen LogP contribution is 2.22. The van der Waals surface area contributed by atoms with Gasteiger partial charge in [-0.2, -0.15) is 23.5 Å². The number of nitrogens with one attached hydrogen (secondary N) is 1. The molecule has 0 aliphatic carbocycles. The second-order valence-electron chi connectivity index (χ2n) is 10.1. The third kappa shape index (κ3) is 10.6. The Hall–Kier alpha value is -3.68. The van der Waals surface area contributed by atoms with E-state index >= 15 is 0 Å². The molecule has 4 rings (SSSR count).